The van der Waals surface area contributed by atoms with E-state index in [4.69, 9.17) is 11.6 Å². The number of aliphatic hydroxyl groups excluding tert-OH is 1. The van der Waals surface area contributed by atoms with Crippen molar-refractivity contribution in [3.8, 4) is 0 Å². The number of benzene rings is 1. The molecule has 1 heterocycles. The molecule has 1 aromatic carbocycles. The molecular weight excluding hydrogens is 326 g/mol. The minimum absolute atomic E-state index is 0.103. The van der Waals surface area contributed by atoms with Crippen LogP contribution in [0.15, 0.2) is 36.5 Å². The molecule has 6 heteroatoms. The number of carbonyl (C=O) groups excluding carboxylic acids is 1. The normalized spacial score (nSPS) is 13.6. The molecule has 24 heavy (non-hydrogen) atoms. The maximum atomic E-state index is 12.4. The van der Waals surface area contributed by atoms with Crippen LogP contribution < -0.4 is 5.32 Å². The number of halogens is 1. The summed E-state index contributed by atoms with van der Waals surface area (Å²) < 4.78 is 0. The molecule has 0 spiro atoms. The average molecular weight is 348 g/mol. The Hall–Kier alpha value is -1.98. The van der Waals surface area contributed by atoms with Crippen LogP contribution >= 0.6 is 11.6 Å². The van der Waals surface area contributed by atoms with Gasteiger partial charge in [-0.15, -0.1) is 0 Å². The fraction of sp³-hybridized carbons (Fsp3) is 0.389. The quantitative estimate of drug-likeness (QED) is 0.838. The number of hydrogen-bond donors (Lipinski definition) is 2. The fourth-order valence-corrected chi connectivity index (χ4v) is 2.49. The molecule has 2 N–H and O–H groups in total. The zero-order valence-corrected chi connectivity index (χ0v) is 14.8. The maximum Gasteiger partial charge on any atom is 0.271 e. The monoisotopic (exact) mass is 347 g/mol. The minimum Gasteiger partial charge on any atom is -0.388 e. The van der Waals surface area contributed by atoms with Gasteiger partial charge in [-0.1, -0.05) is 55.8 Å². The Bertz CT molecular complexity index is 692. The predicted octanol–water partition coefficient (Wildman–Crippen LogP) is 3.50. The summed E-state index contributed by atoms with van der Waals surface area (Å²) in [7, 11) is 0. The van der Waals surface area contributed by atoms with Crippen molar-refractivity contribution in [1.29, 1.82) is 0 Å². The maximum absolute atomic E-state index is 12.4. The molecular formula is C18H22ClN3O2. The topological polar surface area (TPSA) is 75.1 Å². The molecule has 0 radical (unpaired) electrons. The van der Waals surface area contributed by atoms with E-state index < -0.39 is 6.10 Å². The molecule has 0 saturated heterocycles. The van der Waals surface area contributed by atoms with Crippen molar-refractivity contribution in [3.05, 3.63) is 58.6 Å². The van der Waals surface area contributed by atoms with Crippen molar-refractivity contribution >= 4 is 17.5 Å². The van der Waals surface area contributed by atoms with E-state index in [9.17, 15) is 9.90 Å². The Balaban J connectivity index is 2.02. The van der Waals surface area contributed by atoms with Crippen molar-refractivity contribution in [2.24, 2.45) is 0 Å². The largest absolute Gasteiger partial charge is 0.388 e. The van der Waals surface area contributed by atoms with Gasteiger partial charge in [0.05, 0.1) is 17.3 Å². The van der Waals surface area contributed by atoms with E-state index in [1.54, 1.807) is 0 Å². The molecule has 0 aliphatic carbocycles. The summed E-state index contributed by atoms with van der Waals surface area (Å²) in [6, 6.07) is 9.11. The number of aromatic nitrogens is 2. The number of nitrogens with one attached hydrogen (secondary N) is 1. The predicted molar refractivity (Wildman–Crippen MR) is 94.1 cm³/mol. The zero-order chi connectivity index (χ0) is 17.7. The van der Waals surface area contributed by atoms with Crippen LogP contribution in [0.5, 0.6) is 0 Å². The molecule has 0 saturated carbocycles. The second-order valence-electron chi connectivity index (χ2n) is 6.12. The van der Waals surface area contributed by atoms with Crippen LogP contribution in [-0.4, -0.2) is 27.0 Å². The van der Waals surface area contributed by atoms with Crippen molar-refractivity contribution in [1.82, 2.24) is 15.3 Å². The zero-order valence-electron chi connectivity index (χ0n) is 14.0. The van der Waals surface area contributed by atoms with Crippen LogP contribution in [0.1, 0.15) is 61.1 Å². The first-order valence-corrected chi connectivity index (χ1v) is 8.32. The van der Waals surface area contributed by atoms with Gasteiger partial charge in [0.2, 0.25) is 0 Å². The van der Waals surface area contributed by atoms with Crippen LogP contribution in [-0.2, 0) is 0 Å². The molecule has 0 aliphatic heterocycles. The van der Waals surface area contributed by atoms with E-state index in [0.717, 1.165) is 5.56 Å². The number of hydrogen-bond acceptors (Lipinski definition) is 4. The first-order chi connectivity index (χ1) is 11.4. The number of aliphatic hydroxyl groups is 1. The molecule has 1 amide bonds. The van der Waals surface area contributed by atoms with Gasteiger partial charge in [0.1, 0.15) is 11.5 Å². The van der Waals surface area contributed by atoms with Crippen LogP contribution in [0.3, 0.4) is 0 Å². The van der Waals surface area contributed by atoms with E-state index >= 15 is 0 Å². The Labute approximate surface area is 147 Å². The highest BCUT2D eigenvalue weighted by Gasteiger charge is 2.19. The fourth-order valence-electron chi connectivity index (χ4n) is 2.32. The van der Waals surface area contributed by atoms with Gasteiger partial charge in [-0.05, 0) is 18.9 Å². The Morgan fingerprint density at radius 3 is 2.54 bits per heavy atom. The van der Waals surface area contributed by atoms with Gasteiger partial charge in [-0.3, -0.25) is 4.79 Å². The first-order valence-electron chi connectivity index (χ1n) is 7.94. The van der Waals surface area contributed by atoms with Crippen LogP contribution in [0.2, 0.25) is 5.02 Å². The van der Waals surface area contributed by atoms with E-state index in [1.165, 1.54) is 6.20 Å². The molecule has 0 fully saturated rings. The summed E-state index contributed by atoms with van der Waals surface area (Å²) in [4.78, 5) is 20.8. The van der Waals surface area contributed by atoms with Crippen LogP contribution in [0, 0.1) is 0 Å². The molecule has 2 rings (SSSR count). The summed E-state index contributed by atoms with van der Waals surface area (Å²) in [6.07, 6.45) is 1.20. The lowest BCUT2D eigenvalue weighted by atomic mass is 10.0. The lowest BCUT2D eigenvalue weighted by Gasteiger charge is -2.18. The van der Waals surface area contributed by atoms with Crippen LogP contribution in [0.4, 0.5) is 0 Å². The van der Waals surface area contributed by atoms with Crippen molar-refractivity contribution in [2.45, 2.75) is 45.3 Å². The third kappa shape index (κ3) is 4.76. The lowest BCUT2D eigenvalue weighted by molar-refractivity contribution is 0.0911. The highest BCUT2D eigenvalue weighted by atomic mass is 35.5. The number of amides is 1. The van der Waals surface area contributed by atoms with Gasteiger partial charge in [-0.2, -0.15) is 0 Å². The molecule has 0 bridgehead atoms. The highest BCUT2D eigenvalue weighted by Crippen LogP contribution is 2.19. The second-order valence-corrected chi connectivity index (χ2v) is 6.52. The molecule has 0 unspecified atom stereocenters. The van der Waals surface area contributed by atoms with E-state index in [2.05, 4.69) is 15.3 Å². The smallest absolute Gasteiger partial charge is 0.271 e. The lowest BCUT2D eigenvalue weighted by Crippen LogP contribution is -2.34. The molecule has 2 aromatic rings. The van der Waals surface area contributed by atoms with E-state index in [1.807, 2.05) is 51.1 Å². The third-order valence-electron chi connectivity index (χ3n) is 3.63. The van der Waals surface area contributed by atoms with Gasteiger partial charge >= 0.3 is 0 Å². The van der Waals surface area contributed by atoms with Gasteiger partial charge in [0, 0.05) is 12.0 Å². The second kappa shape index (κ2) is 8.22. The van der Waals surface area contributed by atoms with Gasteiger partial charge in [0.15, 0.2) is 0 Å². The highest BCUT2D eigenvalue weighted by molar-refractivity contribution is 6.33. The number of nitrogens with zero attached hydrogens (tertiary/aromatic N) is 2. The van der Waals surface area contributed by atoms with Crippen LogP contribution in [0.25, 0.3) is 0 Å². The molecule has 5 nitrogen and oxygen atoms in total. The Morgan fingerprint density at radius 2 is 1.92 bits per heavy atom. The van der Waals surface area contributed by atoms with Crippen molar-refractivity contribution < 1.29 is 9.90 Å². The summed E-state index contributed by atoms with van der Waals surface area (Å²) in [6.45, 7) is 5.73. The van der Waals surface area contributed by atoms with E-state index in [-0.39, 0.29) is 28.6 Å². The number of carbonyl (C=O) groups is 1. The molecule has 128 valence electrons. The molecule has 1 aromatic heterocycles. The summed E-state index contributed by atoms with van der Waals surface area (Å²) >= 11 is 6.05. The summed E-state index contributed by atoms with van der Waals surface area (Å²) in [5, 5.41) is 13.3. The van der Waals surface area contributed by atoms with E-state index in [0.29, 0.717) is 12.2 Å². The standard InChI is InChI=1S/C18H22ClN3O2/c1-11(2)17-20-10-14(19)16(22-17)18(24)21-12(3)9-15(23)13-7-5-4-6-8-13/h4-8,10-12,15,23H,9H2,1-3H3,(H,21,24)/t12-,15-/m0/s1. The Morgan fingerprint density at radius 1 is 1.25 bits per heavy atom. The summed E-state index contributed by atoms with van der Waals surface area (Å²) in [5.74, 6) is 0.310. The minimum atomic E-state index is -0.645. The average Bonchev–Trinajstić information content (AvgIpc) is 2.55. The molecule has 0 aliphatic rings. The van der Waals surface area contributed by atoms with Crippen molar-refractivity contribution in [2.75, 3.05) is 0 Å². The third-order valence-corrected chi connectivity index (χ3v) is 3.91. The number of rotatable bonds is 6. The summed E-state index contributed by atoms with van der Waals surface area (Å²) in [5.41, 5.74) is 0.983. The first kappa shape index (κ1) is 18.4. The van der Waals surface area contributed by atoms with Crippen molar-refractivity contribution in [3.63, 3.8) is 0 Å². The SMILES string of the molecule is CC(C)c1ncc(Cl)c(C(=O)N[C@@H](C)C[C@H](O)c2ccccc2)n1. The Kier molecular flexibility index (Phi) is 6.29. The molecule has 2 atom stereocenters. The van der Waals surface area contributed by atoms with Gasteiger partial charge < -0.3 is 10.4 Å². The van der Waals surface area contributed by atoms with Gasteiger partial charge in [-0.25, -0.2) is 9.97 Å². The van der Waals surface area contributed by atoms with Gasteiger partial charge in [0.25, 0.3) is 5.91 Å².